The molecule has 10 N–H and O–H groups in total. The number of hydrogen-bond donors (Lipinski definition) is 7. The summed E-state index contributed by atoms with van der Waals surface area (Å²) in [4.78, 5) is 72.6. The van der Waals surface area contributed by atoms with E-state index in [0.29, 0.717) is 12.0 Å². The molecule has 1 rings (SSSR count). The number of carboxylic acids is 1. The number of rotatable bonds is 15. The molecule has 5 unspecified atom stereocenters. The molecule has 1 aromatic rings. The normalized spacial score (nSPS) is 14.9. The zero-order valence-corrected chi connectivity index (χ0v) is 20.2. The van der Waals surface area contributed by atoms with Crippen LogP contribution in [0.5, 0.6) is 0 Å². The van der Waals surface area contributed by atoms with Gasteiger partial charge in [-0.25, -0.2) is 4.79 Å². The molecule has 0 heterocycles. The Labute approximate surface area is 208 Å². The number of nitrogens with two attached hydrogens (primary N) is 3. The van der Waals surface area contributed by atoms with Crippen molar-refractivity contribution < 1.29 is 33.9 Å². The number of nitrogens with one attached hydrogen (secondary N) is 3. The largest absolute Gasteiger partial charge is 0.480 e. The van der Waals surface area contributed by atoms with Crippen LogP contribution < -0.4 is 33.2 Å². The predicted molar refractivity (Wildman–Crippen MR) is 129 cm³/mol. The minimum absolute atomic E-state index is 0.0392. The second-order valence-corrected chi connectivity index (χ2v) is 8.47. The van der Waals surface area contributed by atoms with Crippen molar-refractivity contribution in [1.82, 2.24) is 16.0 Å². The van der Waals surface area contributed by atoms with Crippen molar-refractivity contribution in [3.63, 3.8) is 0 Å². The molecule has 0 saturated heterocycles. The van der Waals surface area contributed by atoms with Gasteiger partial charge in [-0.2, -0.15) is 0 Å². The average molecular weight is 507 g/mol. The van der Waals surface area contributed by atoms with Crippen LogP contribution in [-0.4, -0.2) is 64.8 Å². The summed E-state index contributed by atoms with van der Waals surface area (Å²) in [5, 5.41) is 16.7. The Morgan fingerprint density at radius 3 is 1.89 bits per heavy atom. The van der Waals surface area contributed by atoms with Crippen LogP contribution in [0.25, 0.3) is 0 Å². The molecule has 36 heavy (non-hydrogen) atoms. The second-order valence-electron chi connectivity index (χ2n) is 8.47. The summed E-state index contributed by atoms with van der Waals surface area (Å²) in [6.07, 6.45) is -0.653. The minimum atomic E-state index is -1.50. The molecule has 5 amide bonds. The lowest BCUT2D eigenvalue weighted by molar-refractivity contribution is -0.142. The number of amides is 5. The molecule has 0 bridgehead atoms. The van der Waals surface area contributed by atoms with Gasteiger partial charge in [0.05, 0.1) is 18.9 Å². The Morgan fingerprint density at radius 2 is 1.39 bits per heavy atom. The van der Waals surface area contributed by atoms with Gasteiger partial charge in [0.15, 0.2) is 0 Å². The van der Waals surface area contributed by atoms with Crippen LogP contribution in [0, 0.1) is 5.92 Å². The van der Waals surface area contributed by atoms with E-state index in [1.807, 2.05) is 0 Å². The maximum Gasteiger partial charge on any atom is 0.326 e. The zero-order valence-electron chi connectivity index (χ0n) is 20.2. The third-order valence-electron chi connectivity index (χ3n) is 5.49. The van der Waals surface area contributed by atoms with E-state index in [1.165, 1.54) is 0 Å². The summed E-state index contributed by atoms with van der Waals surface area (Å²) in [7, 11) is 0. The van der Waals surface area contributed by atoms with Crippen molar-refractivity contribution in [3.8, 4) is 0 Å². The average Bonchev–Trinajstić information content (AvgIpc) is 2.80. The second kappa shape index (κ2) is 14.4. The van der Waals surface area contributed by atoms with Crippen LogP contribution in [0.4, 0.5) is 0 Å². The third-order valence-corrected chi connectivity index (χ3v) is 5.49. The molecule has 0 aliphatic rings. The van der Waals surface area contributed by atoms with Gasteiger partial charge in [-0.3, -0.25) is 24.0 Å². The summed E-state index contributed by atoms with van der Waals surface area (Å²) in [6, 6.07) is 3.24. The fourth-order valence-corrected chi connectivity index (χ4v) is 3.27. The molecule has 13 nitrogen and oxygen atoms in total. The topological polar surface area (TPSA) is 237 Å². The van der Waals surface area contributed by atoms with Crippen LogP contribution in [0.15, 0.2) is 30.3 Å². The van der Waals surface area contributed by atoms with E-state index in [4.69, 9.17) is 17.2 Å². The number of benzene rings is 1. The summed E-state index contributed by atoms with van der Waals surface area (Å²) < 4.78 is 0. The Morgan fingerprint density at radius 1 is 0.833 bits per heavy atom. The lowest BCUT2D eigenvalue weighted by Gasteiger charge is -2.27. The fraction of sp³-hybridized carbons (Fsp3) is 0.478. The number of carboxylic acid groups (broad SMARTS) is 1. The predicted octanol–water partition coefficient (Wildman–Crippen LogP) is -2.11. The Bertz CT molecular complexity index is 956. The highest BCUT2D eigenvalue weighted by molar-refractivity contribution is 5.96. The van der Waals surface area contributed by atoms with Crippen molar-refractivity contribution in [2.75, 3.05) is 0 Å². The first-order chi connectivity index (χ1) is 16.8. The fourth-order valence-electron chi connectivity index (χ4n) is 3.27. The molecule has 13 heteroatoms. The quantitative estimate of drug-likeness (QED) is 0.139. The number of primary amides is 2. The smallest absolute Gasteiger partial charge is 0.326 e. The van der Waals surface area contributed by atoms with Gasteiger partial charge in [-0.05, 0) is 11.5 Å². The van der Waals surface area contributed by atoms with Gasteiger partial charge < -0.3 is 38.3 Å². The van der Waals surface area contributed by atoms with Crippen LogP contribution in [0.2, 0.25) is 0 Å². The lowest BCUT2D eigenvalue weighted by Crippen LogP contribution is -2.59. The summed E-state index contributed by atoms with van der Waals surface area (Å²) in [6.45, 7) is 3.42. The first-order valence-electron chi connectivity index (χ1n) is 11.4. The van der Waals surface area contributed by atoms with Gasteiger partial charge >= 0.3 is 5.97 Å². The van der Waals surface area contributed by atoms with Gasteiger partial charge in [-0.1, -0.05) is 50.6 Å². The van der Waals surface area contributed by atoms with Crippen molar-refractivity contribution >= 4 is 35.5 Å². The molecular formula is C23H34N6O7. The van der Waals surface area contributed by atoms with Gasteiger partial charge in [0.25, 0.3) is 0 Å². The molecule has 0 fully saturated rings. The van der Waals surface area contributed by atoms with E-state index in [1.54, 1.807) is 44.2 Å². The lowest BCUT2D eigenvalue weighted by atomic mass is 9.97. The summed E-state index contributed by atoms with van der Waals surface area (Å²) in [5.74, 6) is -6.03. The maximum absolute atomic E-state index is 13.0. The van der Waals surface area contributed by atoms with Crippen molar-refractivity contribution in [2.45, 2.75) is 63.7 Å². The van der Waals surface area contributed by atoms with Gasteiger partial charge in [0.1, 0.15) is 18.1 Å². The number of aliphatic carboxylic acids is 1. The van der Waals surface area contributed by atoms with E-state index in [9.17, 15) is 33.9 Å². The SMILES string of the molecule is CCC(C)C(NC(=O)C(N)CC(N)=O)C(=O)NC(CC(N)=O)C(=O)NC(Cc1ccccc1)C(=O)O. The van der Waals surface area contributed by atoms with E-state index in [-0.39, 0.29) is 6.42 Å². The van der Waals surface area contributed by atoms with Crippen molar-refractivity contribution in [2.24, 2.45) is 23.1 Å². The number of hydrogen-bond acceptors (Lipinski definition) is 7. The molecule has 0 aliphatic carbocycles. The number of carbonyl (C=O) groups excluding carboxylic acids is 5. The third kappa shape index (κ3) is 10.1. The first kappa shape index (κ1) is 30.0. The van der Waals surface area contributed by atoms with Gasteiger partial charge in [0, 0.05) is 6.42 Å². The highest BCUT2D eigenvalue weighted by atomic mass is 16.4. The first-order valence-corrected chi connectivity index (χ1v) is 11.4. The molecule has 1 aromatic carbocycles. The van der Waals surface area contributed by atoms with E-state index < -0.39 is 78.4 Å². The monoisotopic (exact) mass is 506 g/mol. The molecule has 0 aromatic heterocycles. The molecular weight excluding hydrogens is 472 g/mol. The number of carbonyl (C=O) groups is 6. The van der Waals surface area contributed by atoms with Crippen molar-refractivity contribution in [1.29, 1.82) is 0 Å². The van der Waals surface area contributed by atoms with E-state index in [2.05, 4.69) is 16.0 Å². The van der Waals surface area contributed by atoms with Crippen LogP contribution in [0.3, 0.4) is 0 Å². The Kier molecular flexibility index (Phi) is 12.0. The van der Waals surface area contributed by atoms with Crippen LogP contribution >= 0.6 is 0 Å². The highest BCUT2D eigenvalue weighted by Gasteiger charge is 2.33. The summed E-state index contributed by atoms with van der Waals surface area (Å²) >= 11 is 0. The standard InChI is InChI=1S/C23H34N6O7/c1-3-12(2)19(29-20(32)14(24)10-17(25)30)22(34)27-15(11-18(26)31)21(33)28-16(23(35)36)9-13-7-5-4-6-8-13/h4-8,12,14-16,19H,3,9-11,24H2,1-2H3,(H2,25,30)(H2,26,31)(H,27,34)(H,28,33)(H,29,32)(H,35,36). The molecule has 5 atom stereocenters. The van der Waals surface area contributed by atoms with Crippen LogP contribution in [-0.2, 0) is 35.2 Å². The molecule has 0 aliphatic heterocycles. The van der Waals surface area contributed by atoms with E-state index >= 15 is 0 Å². The summed E-state index contributed by atoms with van der Waals surface area (Å²) in [5.41, 5.74) is 16.6. The zero-order chi connectivity index (χ0) is 27.4. The Balaban J connectivity index is 3.04. The minimum Gasteiger partial charge on any atom is -0.480 e. The molecule has 0 radical (unpaired) electrons. The van der Waals surface area contributed by atoms with E-state index in [0.717, 1.165) is 0 Å². The molecule has 198 valence electrons. The van der Waals surface area contributed by atoms with Gasteiger partial charge in [0.2, 0.25) is 29.5 Å². The highest BCUT2D eigenvalue weighted by Crippen LogP contribution is 2.10. The van der Waals surface area contributed by atoms with Crippen molar-refractivity contribution in [3.05, 3.63) is 35.9 Å². The van der Waals surface area contributed by atoms with Crippen LogP contribution in [0.1, 0.15) is 38.7 Å². The molecule has 0 spiro atoms. The Hall–Kier alpha value is -4.00. The molecule has 0 saturated carbocycles. The van der Waals surface area contributed by atoms with Gasteiger partial charge in [-0.15, -0.1) is 0 Å². The maximum atomic E-state index is 13.0.